The van der Waals surface area contributed by atoms with Gasteiger partial charge in [-0.05, 0) is 55.5 Å². The molecule has 3 atom stereocenters. The average molecular weight is 406 g/mol. The molecule has 1 unspecified atom stereocenters. The predicted octanol–water partition coefficient (Wildman–Crippen LogP) is 3.06. The van der Waals surface area contributed by atoms with Crippen LogP contribution in [0, 0.1) is 0 Å². The van der Waals surface area contributed by atoms with E-state index in [-0.39, 0.29) is 12.4 Å². The van der Waals surface area contributed by atoms with E-state index >= 15 is 0 Å². The molecule has 4 N–H and O–H groups in total. The van der Waals surface area contributed by atoms with Crippen LogP contribution in [0.25, 0.3) is 22.3 Å². The molecule has 3 aromatic rings. The van der Waals surface area contributed by atoms with E-state index in [4.69, 9.17) is 4.98 Å². The fourth-order valence-corrected chi connectivity index (χ4v) is 4.93. The third-order valence-electron chi connectivity index (χ3n) is 6.59. The second kappa shape index (κ2) is 7.74. The van der Waals surface area contributed by atoms with Gasteiger partial charge in [0.2, 0.25) is 0 Å². The number of aromatic amines is 1. The van der Waals surface area contributed by atoms with Crippen molar-refractivity contribution in [1.29, 1.82) is 0 Å². The number of anilines is 1. The summed E-state index contributed by atoms with van der Waals surface area (Å²) in [6.07, 6.45) is 8.27. The number of hydrogen-bond acceptors (Lipinski definition) is 6. The Bertz CT molecular complexity index is 1020. The molecule has 2 aliphatic heterocycles. The smallest absolute Gasteiger partial charge is 0.128 e. The second-order valence-electron chi connectivity index (χ2n) is 8.41. The Hall–Kier alpha value is -2.90. The average Bonchev–Trinajstić information content (AvgIpc) is 3.42. The van der Waals surface area contributed by atoms with Gasteiger partial charge in [-0.25, -0.2) is 4.98 Å². The lowest BCUT2D eigenvalue weighted by molar-refractivity contribution is 0.277. The zero-order valence-electron chi connectivity index (χ0n) is 17.0. The van der Waals surface area contributed by atoms with E-state index < -0.39 is 0 Å². The predicted molar refractivity (Wildman–Crippen MR) is 116 cm³/mol. The van der Waals surface area contributed by atoms with Crippen LogP contribution in [-0.4, -0.2) is 50.6 Å². The summed E-state index contributed by atoms with van der Waals surface area (Å²) >= 11 is 0. The summed E-state index contributed by atoms with van der Waals surface area (Å²) in [5, 5.41) is 31.1. The zero-order chi connectivity index (χ0) is 20.7. The normalized spacial score (nSPS) is 22.9. The maximum absolute atomic E-state index is 10.7. The Balaban J connectivity index is 1.43. The quantitative estimate of drug-likeness (QED) is 0.521. The molecule has 0 radical (unpaired) electrons. The first kappa shape index (κ1) is 19.1. The summed E-state index contributed by atoms with van der Waals surface area (Å²) in [5.74, 6) is 1.02. The fraction of sp³-hybridized carbons (Fsp3) is 0.391. The molecule has 5 rings (SSSR count). The van der Waals surface area contributed by atoms with E-state index in [9.17, 15) is 10.2 Å². The third kappa shape index (κ3) is 3.44. The van der Waals surface area contributed by atoms with Gasteiger partial charge < -0.3 is 20.4 Å². The van der Waals surface area contributed by atoms with Crippen LogP contribution >= 0.6 is 0 Å². The number of phenolic OH excluding ortho intramolecular Hbond substituents is 1. The molecule has 2 bridgehead atoms. The Morgan fingerprint density at radius 2 is 1.83 bits per heavy atom. The van der Waals surface area contributed by atoms with E-state index in [2.05, 4.69) is 27.5 Å². The molecule has 2 fully saturated rings. The van der Waals surface area contributed by atoms with Crippen LogP contribution in [0.5, 0.6) is 5.75 Å². The van der Waals surface area contributed by atoms with Gasteiger partial charge in [0, 0.05) is 48.1 Å². The van der Waals surface area contributed by atoms with Gasteiger partial charge in [-0.2, -0.15) is 5.10 Å². The largest absolute Gasteiger partial charge is 0.507 e. The number of nitrogens with zero attached hydrogens (tertiary/aromatic N) is 3. The minimum atomic E-state index is -0.183. The van der Waals surface area contributed by atoms with Crippen LogP contribution in [0.1, 0.15) is 31.4 Å². The highest BCUT2D eigenvalue weighted by Gasteiger charge is 2.35. The van der Waals surface area contributed by atoms with E-state index in [1.165, 1.54) is 12.8 Å². The fourth-order valence-electron chi connectivity index (χ4n) is 4.93. The topological polar surface area (TPSA) is 97.3 Å². The Morgan fingerprint density at radius 3 is 2.50 bits per heavy atom. The lowest BCUT2D eigenvalue weighted by Gasteiger charge is -2.36. The maximum atomic E-state index is 10.7. The van der Waals surface area contributed by atoms with Crippen molar-refractivity contribution in [2.75, 3.05) is 11.9 Å². The number of nitrogens with one attached hydrogen (secondary N) is 2. The number of fused-ring (bicyclic) bond motifs is 2. The van der Waals surface area contributed by atoms with Crippen LogP contribution in [0.3, 0.4) is 0 Å². The van der Waals surface area contributed by atoms with Gasteiger partial charge in [0.05, 0.1) is 18.5 Å². The number of benzene rings is 1. The molecule has 4 heterocycles. The molecule has 0 saturated carbocycles. The standard InChI is InChI=1S/C23H27N5O2/c1-28(18-9-16-3-4-17(10-18)26-16)23-7-6-19(21(13-29)27-23)20-5-2-14(8-22(20)30)15-11-24-25-12-15/h2,5-8,11-12,16-18,26,29-30H,3-4,9-10,13H2,1H3,(H,24,25)/t16-,17+,18?. The first-order chi connectivity index (χ1) is 14.6. The minimum Gasteiger partial charge on any atom is -0.507 e. The minimum absolute atomic E-state index is 0.154. The highest BCUT2D eigenvalue weighted by molar-refractivity contribution is 5.77. The highest BCUT2D eigenvalue weighted by Crippen LogP contribution is 2.36. The van der Waals surface area contributed by atoms with Crippen molar-refractivity contribution in [3.8, 4) is 28.0 Å². The monoisotopic (exact) mass is 405 g/mol. The summed E-state index contributed by atoms with van der Waals surface area (Å²) < 4.78 is 0. The number of aliphatic hydroxyl groups excluding tert-OH is 1. The molecule has 156 valence electrons. The first-order valence-electron chi connectivity index (χ1n) is 10.5. The Labute approximate surface area is 175 Å². The van der Waals surface area contributed by atoms with Gasteiger partial charge in [0.15, 0.2) is 0 Å². The SMILES string of the molecule is CN(c1ccc(-c2ccc(-c3cn[nH]c3)cc2O)c(CO)n1)C1C[C@H]2CC[C@@H](C1)N2. The van der Waals surface area contributed by atoms with Crippen LogP contribution in [0.2, 0.25) is 0 Å². The van der Waals surface area contributed by atoms with Gasteiger partial charge in [-0.3, -0.25) is 5.10 Å². The lowest BCUT2D eigenvalue weighted by atomic mass is 9.97. The number of phenols is 1. The molecule has 2 saturated heterocycles. The Kier molecular flexibility index (Phi) is 4.92. The van der Waals surface area contributed by atoms with Crippen LogP contribution in [0.15, 0.2) is 42.7 Å². The number of H-pyrrole nitrogens is 1. The van der Waals surface area contributed by atoms with Crippen molar-refractivity contribution in [3.63, 3.8) is 0 Å². The third-order valence-corrected chi connectivity index (χ3v) is 6.59. The highest BCUT2D eigenvalue weighted by atomic mass is 16.3. The van der Waals surface area contributed by atoms with Crippen molar-refractivity contribution < 1.29 is 10.2 Å². The summed E-state index contributed by atoms with van der Waals surface area (Å²) in [5.41, 5.74) is 3.76. The van der Waals surface area contributed by atoms with E-state index in [1.807, 2.05) is 24.3 Å². The number of pyridine rings is 1. The molecule has 0 spiro atoms. The van der Waals surface area contributed by atoms with Gasteiger partial charge in [0.25, 0.3) is 0 Å². The van der Waals surface area contributed by atoms with Crippen LogP contribution < -0.4 is 10.2 Å². The van der Waals surface area contributed by atoms with Crippen LogP contribution in [-0.2, 0) is 6.61 Å². The van der Waals surface area contributed by atoms with Gasteiger partial charge >= 0.3 is 0 Å². The molecule has 30 heavy (non-hydrogen) atoms. The second-order valence-corrected chi connectivity index (χ2v) is 8.41. The summed E-state index contributed by atoms with van der Waals surface area (Å²) in [6.45, 7) is -0.183. The zero-order valence-corrected chi connectivity index (χ0v) is 17.0. The van der Waals surface area contributed by atoms with E-state index in [0.29, 0.717) is 29.4 Å². The van der Waals surface area contributed by atoms with Crippen molar-refractivity contribution in [2.24, 2.45) is 0 Å². The summed E-state index contributed by atoms with van der Waals surface area (Å²) in [6, 6.07) is 11.1. The van der Waals surface area contributed by atoms with E-state index in [1.54, 1.807) is 18.5 Å². The number of aromatic nitrogens is 3. The number of rotatable bonds is 5. The van der Waals surface area contributed by atoms with E-state index in [0.717, 1.165) is 35.3 Å². The van der Waals surface area contributed by atoms with Gasteiger partial charge in [-0.15, -0.1) is 0 Å². The molecule has 0 amide bonds. The Morgan fingerprint density at radius 1 is 1.07 bits per heavy atom. The lowest BCUT2D eigenvalue weighted by Crippen LogP contribution is -2.47. The van der Waals surface area contributed by atoms with Gasteiger partial charge in [0.1, 0.15) is 11.6 Å². The molecule has 7 heteroatoms. The van der Waals surface area contributed by atoms with Crippen molar-refractivity contribution in [1.82, 2.24) is 20.5 Å². The molecule has 1 aromatic carbocycles. The summed E-state index contributed by atoms with van der Waals surface area (Å²) in [4.78, 5) is 7.00. The molecular weight excluding hydrogens is 378 g/mol. The molecule has 2 aromatic heterocycles. The van der Waals surface area contributed by atoms with Crippen LogP contribution in [0.4, 0.5) is 5.82 Å². The molecule has 7 nitrogen and oxygen atoms in total. The molecule has 0 aliphatic carbocycles. The van der Waals surface area contributed by atoms with Crippen molar-refractivity contribution in [2.45, 2.75) is 50.4 Å². The molecule has 2 aliphatic rings. The van der Waals surface area contributed by atoms with Crippen molar-refractivity contribution >= 4 is 5.82 Å². The number of piperidine rings is 1. The molecular formula is C23H27N5O2. The van der Waals surface area contributed by atoms with Gasteiger partial charge in [-0.1, -0.05) is 6.07 Å². The summed E-state index contributed by atoms with van der Waals surface area (Å²) in [7, 11) is 2.09. The number of aliphatic hydroxyl groups is 1. The number of hydrogen-bond donors (Lipinski definition) is 4. The first-order valence-corrected chi connectivity index (χ1v) is 10.5. The van der Waals surface area contributed by atoms with Crippen molar-refractivity contribution in [3.05, 3.63) is 48.4 Å². The number of aromatic hydroxyl groups is 1. The maximum Gasteiger partial charge on any atom is 0.128 e.